The molecule has 0 aliphatic heterocycles. The van der Waals surface area contributed by atoms with Crippen LogP contribution in [0.2, 0.25) is 0 Å². The van der Waals surface area contributed by atoms with Crippen molar-refractivity contribution in [2.45, 2.75) is 6.92 Å². The van der Waals surface area contributed by atoms with Crippen LogP contribution in [0.4, 0.5) is 5.82 Å². The molecule has 1 heterocycles. The maximum Gasteiger partial charge on any atom is 0.150 e. The minimum atomic E-state index is 0.782. The Bertz CT molecular complexity index is 198. The molecule has 1 N–H and O–H groups in total. The summed E-state index contributed by atoms with van der Waals surface area (Å²) < 4.78 is 0. The normalized spacial score (nSPS) is 9.11. The number of aryl methyl sites for hydroxylation is 1. The highest BCUT2D eigenvalue weighted by molar-refractivity contribution is 5.35. The number of anilines is 1. The third-order valence-electron chi connectivity index (χ3n) is 1.03. The molecule has 0 amide bonds. The summed E-state index contributed by atoms with van der Waals surface area (Å²) in [6.07, 6.45) is 1.42. The summed E-state index contributed by atoms with van der Waals surface area (Å²) >= 11 is 0. The minimum Gasteiger partial charge on any atom is -0.372 e. The molecule has 0 atom stereocenters. The molecule has 0 aliphatic carbocycles. The number of hydrogen-bond acceptors (Lipinski definition) is 4. The third kappa shape index (κ3) is 1.13. The van der Waals surface area contributed by atoms with Crippen LogP contribution >= 0.6 is 0 Å². The van der Waals surface area contributed by atoms with Gasteiger partial charge in [0.25, 0.3) is 0 Å². The number of nitrogens with zero attached hydrogens (tertiary/aromatic N) is 3. The molecule has 0 saturated carbocycles. The first-order chi connectivity index (χ1) is 4.34. The summed E-state index contributed by atoms with van der Waals surface area (Å²) in [7, 11) is 1.80. The SMILES string of the molecule is CNc1ncnnc1C. The second kappa shape index (κ2) is 2.39. The standard InChI is InChI=1S/C5H8N4/c1-4-5(6-2)7-3-8-9-4/h3H,1-2H3,(H,6,7,8). The van der Waals surface area contributed by atoms with E-state index in [0.717, 1.165) is 11.5 Å². The quantitative estimate of drug-likeness (QED) is 0.582. The van der Waals surface area contributed by atoms with Crippen molar-refractivity contribution in [3.63, 3.8) is 0 Å². The van der Waals surface area contributed by atoms with Crippen molar-refractivity contribution in [2.75, 3.05) is 12.4 Å². The van der Waals surface area contributed by atoms with Crippen molar-refractivity contribution in [3.8, 4) is 0 Å². The van der Waals surface area contributed by atoms with Gasteiger partial charge in [-0.15, -0.1) is 5.10 Å². The smallest absolute Gasteiger partial charge is 0.150 e. The van der Waals surface area contributed by atoms with Gasteiger partial charge in [-0.2, -0.15) is 5.10 Å². The highest BCUT2D eigenvalue weighted by atomic mass is 15.2. The topological polar surface area (TPSA) is 50.7 Å². The maximum atomic E-state index is 3.91. The fraction of sp³-hybridized carbons (Fsp3) is 0.400. The molecule has 4 nitrogen and oxygen atoms in total. The molecule has 1 aromatic rings. The van der Waals surface area contributed by atoms with E-state index < -0.39 is 0 Å². The monoisotopic (exact) mass is 124 g/mol. The molecule has 1 aromatic heterocycles. The zero-order valence-corrected chi connectivity index (χ0v) is 5.42. The first kappa shape index (κ1) is 5.94. The van der Waals surface area contributed by atoms with Crippen LogP contribution in [0.25, 0.3) is 0 Å². The molecule has 0 aliphatic rings. The highest BCUT2D eigenvalue weighted by Gasteiger charge is 1.93. The van der Waals surface area contributed by atoms with Crippen molar-refractivity contribution < 1.29 is 0 Å². The second-order valence-electron chi connectivity index (χ2n) is 1.64. The van der Waals surface area contributed by atoms with Crippen LogP contribution in [0.5, 0.6) is 0 Å². The van der Waals surface area contributed by atoms with Crippen molar-refractivity contribution in [1.82, 2.24) is 15.2 Å². The van der Waals surface area contributed by atoms with E-state index in [0.29, 0.717) is 0 Å². The summed E-state index contributed by atoms with van der Waals surface area (Å²) in [6, 6.07) is 0. The summed E-state index contributed by atoms with van der Waals surface area (Å²) in [6.45, 7) is 1.85. The van der Waals surface area contributed by atoms with Gasteiger partial charge in [0.1, 0.15) is 12.0 Å². The van der Waals surface area contributed by atoms with Crippen molar-refractivity contribution in [3.05, 3.63) is 12.0 Å². The molecule has 9 heavy (non-hydrogen) atoms. The van der Waals surface area contributed by atoms with Gasteiger partial charge in [-0.05, 0) is 6.92 Å². The summed E-state index contributed by atoms with van der Waals surface area (Å²) in [5, 5.41) is 10.2. The van der Waals surface area contributed by atoms with Gasteiger partial charge in [0.15, 0.2) is 5.82 Å². The molecule has 0 aromatic carbocycles. The lowest BCUT2D eigenvalue weighted by Gasteiger charge is -1.97. The number of aromatic nitrogens is 3. The van der Waals surface area contributed by atoms with Crippen LogP contribution in [0, 0.1) is 6.92 Å². The molecule has 0 fully saturated rings. The number of hydrogen-bond donors (Lipinski definition) is 1. The van der Waals surface area contributed by atoms with Gasteiger partial charge in [-0.3, -0.25) is 0 Å². The molecule has 0 unspecified atom stereocenters. The zero-order valence-electron chi connectivity index (χ0n) is 5.42. The van der Waals surface area contributed by atoms with Crippen molar-refractivity contribution >= 4 is 5.82 Å². The Morgan fingerprint density at radius 1 is 1.56 bits per heavy atom. The number of nitrogens with one attached hydrogen (secondary N) is 1. The van der Waals surface area contributed by atoms with Crippen LogP contribution < -0.4 is 5.32 Å². The average molecular weight is 124 g/mol. The Labute approximate surface area is 53.3 Å². The van der Waals surface area contributed by atoms with E-state index in [2.05, 4.69) is 20.5 Å². The van der Waals surface area contributed by atoms with Gasteiger partial charge in [0.2, 0.25) is 0 Å². The predicted octanol–water partition coefficient (Wildman–Crippen LogP) is 0.222. The van der Waals surface area contributed by atoms with Gasteiger partial charge < -0.3 is 5.32 Å². The fourth-order valence-electron chi connectivity index (χ4n) is 0.582. The van der Waals surface area contributed by atoms with Gasteiger partial charge in [-0.25, -0.2) is 4.98 Å². The molecule has 4 heteroatoms. The first-order valence-corrected chi connectivity index (χ1v) is 2.66. The van der Waals surface area contributed by atoms with Crippen LogP contribution in [0.3, 0.4) is 0 Å². The molecule has 0 spiro atoms. The van der Waals surface area contributed by atoms with E-state index in [9.17, 15) is 0 Å². The van der Waals surface area contributed by atoms with Crippen LogP contribution in [0.1, 0.15) is 5.69 Å². The molecular formula is C5H8N4. The lowest BCUT2D eigenvalue weighted by atomic mass is 10.5. The molecule has 1 rings (SSSR count). The molecule has 0 radical (unpaired) electrons. The van der Waals surface area contributed by atoms with Gasteiger partial charge in [-0.1, -0.05) is 0 Å². The van der Waals surface area contributed by atoms with E-state index in [-0.39, 0.29) is 0 Å². The van der Waals surface area contributed by atoms with E-state index in [1.165, 1.54) is 6.33 Å². The van der Waals surface area contributed by atoms with Crippen LogP contribution in [-0.4, -0.2) is 22.2 Å². The van der Waals surface area contributed by atoms with Crippen molar-refractivity contribution in [2.24, 2.45) is 0 Å². The highest BCUT2D eigenvalue weighted by Crippen LogP contribution is 2.01. The molecule has 0 bridgehead atoms. The van der Waals surface area contributed by atoms with E-state index in [1.54, 1.807) is 7.05 Å². The van der Waals surface area contributed by atoms with Crippen LogP contribution in [0.15, 0.2) is 6.33 Å². The largest absolute Gasteiger partial charge is 0.372 e. The third-order valence-corrected chi connectivity index (χ3v) is 1.03. The lowest BCUT2D eigenvalue weighted by Crippen LogP contribution is -1.98. The van der Waals surface area contributed by atoms with Gasteiger partial charge in [0, 0.05) is 7.05 Å². The van der Waals surface area contributed by atoms with Gasteiger partial charge in [0.05, 0.1) is 0 Å². The Kier molecular flexibility index (Phi) is 1.58. The Hall–Kier alpha value is -1.19. The predicted molar refractivity (Wildman–Crippen MR) is 34.1 cm³/mol. The lowest BCUT2D eigenvalue weighted by molar-refractivity contribution is 0.928. The minimum absolute atomic E-state index is 0.782. The van der Waals surface area contributed by atoms with E-state index >= 15 is 0 Å². The van der Waals surface area contributed by atoms with E-state index in [4.69, 9.17) is 0 Å². The second-order valence-corrected chi connectivity index (χ2v) is 1.64. The zero-order chi connectivity index (χ0) is 6.69. The summed E-state index contributed by atoms with van der Waals surface area (Å²) in [5.41, 5.74) is 0.819. The van der Waals surface area contributed by atoms with Crippen molar-refractivity contribution in [1.29, 1.82) is 0 Å². The molecule has 0 saturated heterocycles. The van der Waals surface area contributed by atoms with Gasteiger partial charge >= 0.3 is 0 Å². The first-order valence-electron chi connectivity index (χ1n) is 2.66. The molecule has 48 valence electrons. The Morgan fingerprint density at radius 2 is 2.33 bits per heavy atom. The Balaban J connectivity index is 3.01. The van der Waals surface area contributed by atoms with E-state index in [1.807, 2.05) is 6.92 Å². The maximum absolute atomic E-state index is 3.91. The fourth-order valence-corrected chi connectivity index (χ4v) is 0.582. The summed E-state index contributed by atoms with van der Waals surface area (Å²) in [4.78, 5) is 3.91. The van der Waals surface area contributed by atoms with Crippen LogP contribution in [-0.2, 0) is 0 Å². The average Bonchev–Trinajstić information content (AvgIpc) is 1.89. The molecular weight excluding hydrogens is 116 g/mol. The summed E-state index contributed by atoms with van der Waals surface area (Å²) in [5.74, 6) is 0.782. The Morgan fingerprint density at radius 3 is 2.78 bits per heavy atom. The number of rotatable bonds is 1.